The first-order valence-electron chi connectivity index (χ1n) is 8.57. The Morgan fingerprint density at radius 2 is 1.78 bits per heavy atom. The summed E-state index contributed by atoms with van der Waals surface area (Å²) in [5.41, 5.74) is 2.16. The minimum absolute atomic E-state index is 0.0586. The fourth-order valence-electron chi connectivity index (χ4n) is 2.35. The van der Waals surface area contributed by atoms with Crippen LogP contribution in [0.25, 0.3) is 6.08 Å². The molecule has 5 nitrogen and oxygen atoms in total. The van der Waals surface area contributed by atoms with Crippen molar-refractivity contribution < 1.29 is 14.3 Å². The lowest BCUT2D eigenvalue weighted by Gasteiger charge is -2.12. The zero-order valence-electron chi connectivity index (χ0n) is 15.5. The molecule has 0 bridgehead atoms. The lowest BCUT2D eigenvalue weighted by molar-refractivity contribution is -0.112. The van der Waals surface area contributed by atoms with Crippen molar-refractivity contribution in [3.05, 3.63) is 58.1 Å². The second kappa shape index (κ2) is 9.65. The SMILES string of the molecule is CCOc1cc(OCC)c(/C=C(\C#N)C(=O)Nc2ccc(C)cc2)cc1Cl. The van der Waals surface area contributed by atoms with E-state index in [0.29, 0.717) is 41.0 Å². The van der Waals surface area contributed by atoms with E-state index in [4.69, 9.17) is 21.1 Å². The first kappa shape index (κ1) is 20.3. The van der Waals surface area contributed by atoms with Gasteiger partial charge in [0.1, 0.15) is 23.1 Å². The number of nitriles is 1. The topological polar surface area (TPSA) is 71.3 Å². The summed E-state index contributed by atoms with van der Waals surface area (Å²) in [5.74, 6) is 0.470. The highest BCUT2D eigenvalue weighted by molar-refractivity contribution is 6.32. The Bertz CT molecular complexity index is 884. The van der Waals surface area contributed by atoms with Gasteiger partial charge in [-0.3, -0.25) is 4.79 Å². The minimum Gasteiger partial charge on any atom is -0.493 e. The largest absolute Gasteiger partial charge is 0.493 e. The molecule has 27 heavy (non-hydrogen) atoms. The molecule has 0 aliphatic heterocycles. The molecular weight excluding hydrogens is 364 g/mol. The summed E-state index contributed by atoms with van der Waals surface area (Å²) in [6, 6.07) is 12.5. The van der Waals surface area contributed by atoms with E-state index in [1.54, 1.807) is 24.3 Å². The Hall–Kier alpha value is -2.97. The first-order chi connectivity index (χ1) is 13.0. The number of hydrogen-bond acceptors (Lipinski definition) is 4. The van der Waals surface area contributed by atoms with Gasteiger partial charge in [0.2, 0.25) is 0 Å². The lowest BCUT2D eigenvalue weighted by atomic mass is 10.1. The van der Waals surface area contributed by atoms with Crippen LogP contribution >= 0.6 is 11.6 Å². The van der Waals surface area contributed by atoms with E-state index >= 15 is 0 Å². The zero-order valence-corrected chi connectivity index (χ0v) is 16.3. The third-order valence-corrected chi connectivity index (χ3v) is 3.93. The number of carbonyl (C=O) groups excluding carboxylic acids is 1. The van der Waals surface area contributed by atoms with Crippen molar-refractivity contribution in [1.82, 2.24) is 0 Å². The van der Waals surface area contributed by atoms with Crippen molar-refractivity contribution in [1.29, 1.82) is 5.26 Å². The number of anilines is 1. The summed E-state index contributed by atoms with van der Waals surface area (Å²) in [5, 5.41) is 12.5. The van der Waals surface area contributed by atoms with Crippen molar-refractivity contribution in [2.45, 2.75) is 20.8 Å². The number of hydrogen-bond donors (Lipinski definition) is 1. The summed E-state index contributed by atoms with van der Waals surface area (Å²) < 4.78 is 11.1. The van der Waals surface area contributed by atoms with E-state index < -0.39 is 5.91 Å². The quantitative estimate of drug-likeness (QED) is 0.539. The fraction of sp³-hybridized carbons (Fsp3) is 0.238. The second-order valence-corrected chi connectivity index (χ2v) is 6.08. The van der Waals surface area contributed by atoms with Crippen molar-refractivity contribution in [3.63, 3.8) is 0 Å². The second-order valence-electron chi connectivity index (χ2n) is 5.68. The van der Waals surface area contributed by atoms with Gasteiger partial charge in [0.15, 0.2) is 0 Å². The Labute approximate surface area is 164 Å². The highest BCUT2D eigenvalue weighted by Gasteiger charge is 2.14. The molecule has 2 aromatic rings. The number of ether oxygens (including phenoxy) is 2. The van der Waals surface area contributed by atoms with Crippen LogP contribution < -0.4 is 14.8 Å². The normalized spacial score (nSPS) is 10.9. The summed E-state index contributed by atoms with van der Waals surface area (Å²) in [7, 11) is 0. The number of rotatable bonds is 7. The monoisotopic (exact) mass is 384 g/mol. The van der Waals surface area contributed by atoms with Gasteiger partial charge in [-0.1, -0.05) is 29.3 Å². The first-order valence-corrected chi connectivity index (χ1v) is 8.95. The molecule has 2 aromatic carbocycles. The molecular formula is C21H21ClN2O3. The summed E-state index contributed by atoms with van der Waals surface area (Å²) in [4.78, 5) is 12.5. The standard InChI is InChI=1S/C21H21ClN2O3/c1-4-26-19-12-20(27-5-2)18(22)11-15(19)10-16(13-23)21(25)24-17-8-6-14(3)7-9-17/h6-12H,4-5H2,1-3H3,(H,24,25)/b16-10+. The van der Waals surface area contributed by atoms with E-state index in [1.807, 2.05) is 39.0 Å². The molecule has 1 N–H and O–H groups in total. The molecule has 0 fully saturated rings. The van der Waals surface area contributed by atoms with Crippen LogP contribution in [0.3, 0.4) is 0 Å². The maximum atomic E-state index is 12.5. The zero-order chi connectivity index (χ0) is 19.8. The molecule has 0 unspecified atom stereocenters. The smallest absolute Gasteiger partial charge is 0.266 e. The van der Waals surface area contributed by atoms with Crippen LogP contribution in [0.5, 0.6) is 11.5 Å². The number of carbonyl (C=O) groups is 1. The minimum atomic E-state index is -0.506. The van der Waals surface area contributed by atoms with E-state index in [-0.39, 0.29) is 5.57 Å². The Balaban J connectivity index is 2.35. The van der Waals surface area contributed by atoms with Crippen molar-refractivity contribution in [2.24, 2.45) is 0 Å². The van der Waals surface area contributed by atoms with Crippen LogP contribution in [-0.2, 0) is 4.79 Å². The van der Waals surface area contributed by atoms with Crippen LogP contribution in [0, 0.1) is 18.3 Å². The molecule has 0 saturated heterocycles. The summed E-state index contributed by atoms with van der Waals surface area (Å²) in [6.07, 6.45) is 1.45. The van der Waals surface area contributed by atoms with Gasteiger partial charge in [0.25, 0.3) is 5.91 Å². The number of aryl methyl sites for hydroxylation is 1. The third kappa shape index (κ3) is 5.50. The number of nitrogens with one attached hydrogen (secondary N) is 1. The van der Waals surface area contributed by atoms with Crippen LogP contribution in [0.2, 0.25) is 5.02 Å². The molecule has 0 aliphatic rings. The lowest BCUT2D eigenvalue weighted by Crippen LogP contribution is -2.13. The average molecular weight is 385 g/mol. The number of amides is 1. The Kier molecular flexibility index (Phi) is 7.27. The maximum absolute atomic E-state index is 12.5. The summed E-state index contributed by atoms with van der Waals surface area (Å²) in [6.45, 7) is 6.54. The molecule has 2 rings (SSSR count). The van der Waals surface area contributed by atoms with Gasteiger partial charge in [-0.15, -0.1) is 0 Å². The molecule has 140 valence electrons. The Morgan fingerprint density at radius 1 is 1.15 bits per heavy atom. The predicted octanol–water partition coefficient (Wildman–Crippen LogP) is 4.99. The number of nitrogens with zero attached hydrogens (tertiary/aromatic N) is 1. The third-order valence-electron chi connectivity index (χ3n) is 3.64. The molecule has 0 aliphatic carbocycles. The fourth-order valence-corrected chi connectivity index (χ4v) is 2.58. The van der Waals surface area contributed by atoms with Gasteiger partial charge in [-0.05, 0) is 45.0 Å². The van der Waals surface area contributed by atoms with Gasteiger partial charge in [0, 0.05) is 17.3 Å². The molecule has 0 heterocycles. The van der Waals surface area contributed by atoms with E-state index in [1.165, 1.54) is 6.08 Å². The molecule has 0 atom stereocenters. The highest BCUT2D eigenvalue weighted by Crippen LogP contribution is 2.34. The number of halogens is 1. The molecule has 0 saturated carbocycles. The van der Waals surface area contributed by atoms with Gasteiger partial charge in [-0.25, -0.2) is 0 Å². The van der Waals surface area contributed by atoms with Gasteiger partial charge < -0.3 is 14.8 Å². The molecule has 1 amide bonds. The highest BCUT2D eigenvalue weighted by atomic mass is 35.5. The summed E-state index contributed by atoms with van der Waals surface area (Å²) >= 11 is 6.24. The average Bonchev–Trinajstić information content (AvgIpc) is 2.65. The maximum Gasteiger partial charge on any atom is 0.266 e. The van der Waals surface area contributed by atoms with Crippen LogP contribution in [0.1, 0.15) is 25.0 Å². The van der Waals surface area contributed by atoms with Gasteiger partial charge >= 0.3 is 0 Å². The number of benzene rings is 2. The van der Waals surface area contributed by atoms with Crippen LogP contribution in [0.4, 0.5) is 5.69 Å². The van der Waals surface area contributed by atoms with Crippen LogP contribution in [0.15, 0.2) is 42.0 Å². The molecule has 6 heteroatoms. The van der Waals surface area contributed by atoms with Gasteiger partial charge in [0.05, 0.1) is 18.2 Å². The van der Waals surface area contributed by atoms with E-state index in [9.17, 15) is 10.1 Å². The van der Waals surface area contributed by atoms with E-state index in [0.717, 1.165) is 5.56 Å². The van der Waals surface area contributed by atoms with Crippen molar-refractivity contribution in [2.75, 3.05) is 18.5 Å². The van der Waals surface area contributed by atoms with Gasteiger partial charge in [-0.2, -0.15) is 5.26 Å². The molecule has 0 radical (unpaired) electrons. The predicted molar refractivity (Wildman–Crippen MR) is 107 cm³/mol. The Morgan fingerprint density at radius 3 is 2.37 bits per heavy atom. The van der Waals surface area contributed by atoms with Crippen molar-refractivity contribution in [3.8, 4) is 17.6 Å². The molecule has 0 aromatic heterocycles. The van der Waals surface area contributed by atoms with Crippen LogP contribution in [-0.4, -0.2) is 19.1 Å². The van der Waals surface area contributed by atoms with Crippen molar-refractivity contribution >= 4 is 29.3 Å². The molecule has 0 spiro atoms. The van der Waals surface area contributed by atoms with E-state index in [2.05, 4.69) is 5.32 Å².